The Morgan fingerprint density at radius 1 is 1.43 bits per heavy atom. The van der Waals surface area contributed by atoms with Gasteiger partial charge >= 0.3 is 0 Å². The highest BCUT2D eigenvalue weighted by Gasteiger charge is 2.31. The Kier molecular flexibility index (Phi) is 4.43. The highest BCUT2D eigenvalue weighted by molar-refractivity contribution is 5.95. The summed E-state index contributed by atoms with van der Waals surface area (Å²) in [4.78, 5) is 24.4. The largest absolute Gasteiger partial charge is 0.347 e. The van der Waals surface area contributed by atoms with E-state index in [-0.39, 0.29) is 17.8 Å². The van der Waals surface area contributed by atoms with Crippen molar-refractivity contribution in [3.63, 3.8) is 0 Å². The molecule has 23 heavy (non-hydrogen) atoms. The Morgan fingerprint density at radius 3 is 2.91 bits per heavy atom. The van der Waals surface area contributed by atoms with Gasteiger partial charge in [-0.15, -0.1) is 0 Å². The molecule has 1 saturated heterocycles. The Morgan fingerprint density at radius 2 is 2.26 bits per heavy atom. The number of hydrogen-bond donors (Lipinski definition) is 1. The molecular formula is C17H21FN4O. The van der Waals surface area contributed by atoms with E-state index in [0.717, 1.165) is 18.9 Å². The summed E-state index contributed by atoms with van der Waals surface area (Å²) in [5.41, 5.74) is 1.23. The molecule has 1 aromatic carbocycles. The number of aromatic nitrogens is 2. The number of aromatic amines is 1. The van der Waals surface area contributed by atoms with Crippen LogP contribution in [0.5, 0.6) is 0 Å². The average molecular weight is 316 g/mol. The summed E-state index contributed by atoms with van der Waals surface area (Å²) >= 11 is 0. The van der Waals surface area contributed by atoms with Gasteiger partial charge in [0.2, 0.25) is 0 Å². The molecule has 2 aromatic rings. The molecule has 1 atom stereocenters. The van der Waals surface area contributed by atoms with E-state index in [1.54, 1.807) is 25.4 Å². The first-order chi connectivity index (χ1) is 11.1. The zero-order valence-electron chi connectivity index (χ0n) is 13.4. The molecule has 5 nitrogen and oxygen atoms in total. The topological polar surface area (TPSA) is 52.2 Å². The van der Waals surface area contributed by atoms with Gasteiger partial charge in [-0.3, -0.25) is 9.69 Å². The number of halogens is 1. The van der Waals surface area contributed by atoms with Crippen LogP contribution < -0.4 is 0 Å². The van der Waals surface area contributed by atoms with Crippen LogP contribution in [0, 0.1) is 12.7 Å². The van der Waals surface area contributed by atoms with Crippen molar-refractivity contribution in [1.29, 1.82) is 0 Å². The lowest BCUT2D eigenvalue weighted by Crippen LogP contribution is -2.50. The number of amides is 1. The van der Waals surface area contributed by atoms with Crippen molar-refractivity contribution in [2.45, 2.75) is 19.9 Å². The van der Waals surface area contributed by atoms with Crippen LogP contribution in [0.25, 0.3) is 0 Å². The molecule has 0 aliphatic carbocycles. The minimum atomic E-state index is -0.316. The molecule has 1 aromatic heterocycles. The van der Waals surface area contributed by atoms with Crippen molar-refractivity contribution < 1.29 is 9.18 Å². The van der Waals surface area contributed by atoms with Crippen LogP contribution in [0.15, 0.2) is 30.6 Å². The number of hydrogen-bond acceptors (Lipinski definition) is 3. The fraction of sp³-hybridized carbons (Fsp3) is 0.412. The predicted octanol–water partition coefficient (Wildman–Crippen LogP) is 2.38. The number of rotatable bonds is 3. The molecule has 0 spiro atoms. The third kappa shape index (κ3) is 3.12. The summed E-state index contributed by atoms with van der Waals surface area (Å²) in [6, 6.07) is 4.38. The van der Waals surface area contributed by atoms with Crippen molar-refractivity contribution in [1.82, 2.24) is 19.8 Å². The number of nitrogens with zero attached hydrogens (tertiary/aromatic N) is 3. The molecule has 0 radical (unpaired) electrons. The molecule has 0 bridgehead atoms. The Labute approximate surface area is 135 Å². The smallest absolute Gasteiger partial charge is 0.254 e. The van der Waals surface area contributed by atoms with Crippen LogP contribution in [0.2, 0.25) is 0 Å². The van der Waals surface area contributed by atoms with Crippen molar-refractivity contribution in [3.05, 3.63) is 53.4 Å². The molecule has 1 amide bonds. The molecule has 122 valence electrons. The number of piperazine rings is 1. The van der Waals surface area contributed by atoms with Crippen molar-refractivity contribution >= 4 is 5.91 Å². The van der Waals surface area contributed by atoms with Gasteiger partial charge in [0.15, 0.2) is 0 Å². The lowest BCUT2D eigenvalue weighted by molar-refractivity contribution is 0.0479. The highest BCUT2D eigenvalue weighted by atomic mass is 19.1. The van der Waals surface area contributed by atoms with E-state index in [9.17, 15) is 9.18 Å². The molecule has 1 N–H and O–H groups in total. The normalized spacial score (nSPS) is 19.1. The van der Waals surface area contributed by atoms with Crippen molar-refractivity contribution in [2.24, 2.45) is 0 Å². The predicted molar refractivity (Wildman–Crippen MR) is 85.6 cm³/mol. The van der Waals surface area contributed by atoms with Gasteiger partial charge in [0, 0.05) is 37.6 Å². The molecule has 0 saturated carbocycles. The second-order valence-corrected chi connectivity index (χ2v) is 5.83. The second-order valence-electron chi connectivity index (χ2n) is 5.83. The van der Waals surface area contributed by atoms with Crippen LogP contribution in [0.4, 0.5) is 4.39 Å². The van der Waals surface area contributed by atoms with Gasteiger partial charge in [0.1, 0.15) is 11.6 Å². The van der Waals surface area contributed by atoms with Gasteiger partial charge in [0.25, 0.3) is 5.91 Å². The summed E-state index contributed by atoms with van der Waals surface area (Å²) in [5.74, 6) is 0.512. The Balaban J connectivity index is 1.82. The summed E-state index contributed by atoms with van der Waals surface area (Å²) in [7, 11) is 0. The second kappa shape index (κ2) is 6.50. The van der Waals surface area contributed by atoms with Gasteiger partial charge < -0.3 is 9.88 Å². The minimum absolute atomic E-state index is 0.0465. The molecule has 1 aliphatic rings. The fourth-order valence-corrected chi connectivity index (χ4v) is 3.14. The molecule has 3 rings (SSSR count). The number of benzene rings is 1. The van der Waals surface area contributed by atoms with Gasteiger partial charge in [-0.05, 0) is 37.2 Å². The zero-order chi connectivity index (χ0) is 16.4. The third-order valence-corrected chi connectivity index (χ3v) is 4.44. The van der Waals surface area contributed by atoms with Crippen LogP contribution in [-0.2, 0) is 0 Å². The maximum Gasteiger partial charge on any atom is 0.254 e. The van der Waals surface area contributed by atoms with E-state index < -0.39 is 0 Å². The maximum atomic E-state index is 13.3. The molecule has 0 unspecified atom stereocenters. The lowest BCUT2D eigenvalue weighted by atomic mass is 10.1. The van der Waals surface area contributed by atoms with Crippen molar-refractivity contribution in [2.75, 3.05) is 26.2 Å². The average Bonchev–Trinajstić information content (AvgIpc) is 3.08. The minimum Gasteiger partial charge on any atom is -0.347 e. The van der Waals surface area contributed by atoms with Crippen LogP contribution in [-0.4, -0.2) is 51.9 Å². The van der Waals surface area contributed by atoms with E-state index in [2.05, 4.69) is 21.8 Å². The van der Waals surface area contributed by atoms with Crippen LogP contribution >= 0.6 is 0 Å². The SMILES string of the molecule is CCN1CCN(C(=O)c2ccc(F)cc2C)C[C@@H]1c1ncc[nH]1. The number of H-pyrrole nitrogens is 1. The van der Waals surface area contributed by atoms with E-state index in [4.69, 9.17) is 0 Å². The number of carbonyl (C=O) groups excluding carboxylic acids is 1. The summed E-state index contributed by atoms with van der Waals surface area (Å²) in [6.07, 6.45) is 3.53. The van der Waals surface area contributed by atoms with Gasteiger partial charge in [0.05, 0.1) is 6.04 Å². The monoisotopic (exact) mass is 316 g/mol. The molecule has 1 fully saturated rings. The standard InChI is InChI=1S/C17H21FN4O/c1-3-21-8-9-22(11-15(21)16-19-6-7-20-16)17(23)14-5-4-13(18)10-12(14)2/h4-7,10,15H,3,8-9,11H2,1-2H3,(H,19,20)/t15-/m1/s1. The highest BCUT2D eigenvalue weighted by Crippen LogP contribution is 2.24. The number of nitrogens with one attached hydrogen (secondary N) is 1. The number of likely N-dealkylation sites (N-methyl/N-ethyl adjacent to an activating group) is 1. The first kappa shape index (κ1) is 15.7. The summed E-state index contributed by atoms with van der Waals surface area (Å²) in [6.45, 7) is 6.83. The molecular weight excluding hydrogens is 295 g/mol. The molecule has 1 aliphatic heterocycles. The van der Waals surface area contributed by atoms with Gasteiger partial charge in [-0.2, -0.15) is 0 Å². The Hall–Kier alpha value is -2.21. The number of imidazole rings is 1. The van der Waals surface area contributed by atoms with Gasteiger partial charge in [-0.25, -0.2) is 9.37 Å². The number of carbonyl (C=O) groups is 1. The lowest BCUT2D eigenvalue weighted by Gasteiger charge is -2.40. The third-order valence-electron chi connectivity index (χ3n) is 4.44. The molecule has 6 heteroatoms. The Bertz CT molecular complexity index is 686. The van der Waals surface area contributed by atoms with E-state index >= 15 is 0 Å². The van der Waals surface area contributed by atoms with Crippen LogP contribution in [0.3, 0.4) is 0 Å². The van der Waals surface area contributed by atoms with Gasteiger partial charge in [-0.1, -0.05) is 6.92 Å². The van der Waals surface area contributed by atoms with Crippen molar-refractivity contribution in [3.8, 4) is 0 Å². The number of aryl methyl sites for hydroxylation is 1. The van der Waals surface area contributed by atoms with E-state index in [0.29, 0.717) is 24.2 Å². The fourth-order valence-electron chi connectivity index (χ4n) is 3.14. The summed E-state index contributed by atoms with van der Waals surface area (Å²) in [5, 5.41) is 0. The van der Waals surface area contributed by atoms with E-state index in [1.807, 2.05) is 4.90 Å². The first-order valence-electron chi connectivity index (χ1n) is 7.89. The van der Waals surface area contributed by atoms with E-state index in [1.165, 1.54) is 12.1 Å². The first-order valence-corrected chi connectivity index (χ1v) is 7.89. The van der Waals surface area contributed by atoms with Crippen LogP contribution in [0.1, 0.15) is 34.7 Å². The molecule has 2 heterocycles. The summed E-state index contributed by atoms with van der Waals surface area (Å²) < 4.78 is 13.3. The quantitative estimate of drug-likeness (QED) is 0.946. The zero-order valence-corrected chi connectivity index (χ0v) is 13.4. The maximum absolute atomic E-state index is 13.3.